The van der Waals surface area contributed by atoms with Gasteiger partial charge >= 0.3 is 0 Å². The van der Waals surface area contributed by atoms with Crippen molar-refractivity contribution < 1.29 is 9.53 Å². The summed E-state index contributed by atoms with van der Waals surface area (Å²) in [6, 6.07) is 17.4. The van der Waals surface area contributed by atoms with Crippen molar-refractivity contribution in [2.24, 2.45) is 0 Å². The molecule has 0 aliphatic heterocycles. The Balaban J connectivity index is 0.00000288. The van der Waals surface area contributed by atoms with Crippen LogP contribution in [0, 0.1) is 0 Å². The van der Waals surface area contributed by atoms with Crippen LogP contribution in [-0.2, 0) is 4.79 Å². The second kappa shape index (κ2) is 9.83. The van der Waals surface area contributed by atoms with Crippen LogP contribution in [0.4, 0.5) is 5.69 Å². The molecule has 0 aliphatic rings. The highest BCUT2D eigenvalue weighted by Crippen LogP contribution is 2.20. The lowest BCUT2D eigenvalue weighted by Crippen LogP contribution is -2.32. The van der Waals surface area contributed by atoms with E-state index in [1.54, 1.807) is 0 Å². The Kier molecular flexibility index (Phi) is 8.13. The number of carbonyl (C=O) groups is 1. The van der Waals surface area contributed by atoms with E-state index in [0.717, 1.165) is 17.0 Å². The Bertz CT molecular complexity index is 632. The number of nitrogens with one attached hydrogen (secondary N) is 2. The molecule has 0 fully saturated rings. The molecule has 1 amide bonds. The topological polar surface area (TPSA) is 50.4 Å². The lowest BCUT2D eigenvalue weighted by atomic mass is 10.1. The molecule has 2 rings (SSSR count). The maximum atomic E-state index is 12.1. The van der Waals surface area contributed by atoms with Gasteiger partial charge in [-0.15, -0.1) is 12.4 Å². The number of amides is 1. The molecule has 1 atom stereocenters. The number of hydrogen-bond donors (Lipinski definition) is 2. The van der Waals surface area contributed by atoms with Gasteiger partial charge in [-0.2, -0.15) is 0 Å². The molecule has 0 bridgehead atoms. The maximum absolute atomic E-state index is 12.1. The van der Waals surface area contributed by atoms with E-state index >= 15 is 0 Å². The van der Waals surface area contributed by atoms with Crippen molar-refractivity contribution in [3.05, 3.63) is 60.2 Å². The number of hydrogen-bond acceptors (Lipinski definition) is 3. The molecule has 0 saturated heterocycles. The molecular formula is C19H25ClN2O2. The second-order valence-corrected chi connectivity index (χ2v) is 5.75. The van der Waals surface area contributed by atoms with Crippen LogP contribution in [0.5, 0.6) is 5.75 Å². The Morgan fingerprint density at radius 3 is 2.42 bits per heavy atom. The van der Waals surface area contributed by atoms with Gasteiger partial charge in [-0.1, -0.05) is 30.3 Å². The zero-order chi connectivity index (χ0) is 16.7. The van der Waals surface area contributed by atoms with Gasteiger partial charge < -0.3 is 15.4 Å². The van der Waals surface area contributed by atoms with Gasteiger partial charge in [0.15, 0.2) is 0 Å². The normalized spacial score (nSPS) is 11.3. The summed E-state index contributed by atoms with van der Waals surface area (Å²) in [6.45, 7) is 6.20. The highest BCUT2D eigenvalue weighted by Gasteiger charge is 2.10. The standard InChI is InChI=1S/C19H24N2O2.ClH/c1-14(2)23-18-11-7-8-16(12-18)15(3)21-19(22)13-20-17-9-5-4-6-10-17;/h4-12,14-15,20H,13H2,1-3H3,(H,21,22);1H. The molecule has 0 saturated carbocycles. The molecule has 2 aromatic rings. The fraction of sp³-hybridized carbons (Fsp3) is 0.316. The van der Waals surface area contributed by atoms with Crippen molar-refractivity contribution >= 4 is 24.0 Å². The van der Waals surface area contributed by atoms with Crippen molar-refractivity contribution in [1.29, 1.82) is 0 Å². The summed E-state index contributed by atoms with van der Waals surface area (Å²) in [7, 11) is 0. The number of rotatable bonds is 7. The van der Waals surface area contributed by atoms with Gasteiger partial charge in [-0.3, -0.25) is 4.79 Å². The summed E-state index contributed by atoms with van der Waals surface area (Å²) in [6.07, 6.45) is 0.130. The van der Waals surface area contributed by atoms with E-state index < -0.39 is 0 Å². The number of carbonyl (C=O) groups excluding carboxylic acids is 1. The number of ether oxygens (including phenoxy) is 1. The first-order chi connectivity index (χ1) is 11.0. The first kappa shape index (κ1) is 19.8. The minimum Gasteiger partial charge on any atom is -0.491 e. The van der Waals surface area contributed by atoms with Gasteiger partial charge in [0, 0.05) is 5.69 Å². The van der Waals surface area contributed by atoms with Crippen LogP contribution in [0.15, 0.2) is 54.6 Å². The van der Waals surface area contributed by atoms with E-state index in [2.05, 4.69) is 10.6 Å². The fourth-order valence-electron chi connectivity index (χ4n) is 2.24. The molecule has 5 heteroatoms. The first-order valence-electron chi connectivity index (χ1n) is 7.89. The van der Waals surface area contributed by atoms with Crippen molar-refractivity contribution in [3.63, 3.8) is 0 Å². The molecule has 0 heterocycles. The van der Waals surface area contributed by atoms with Crippen LogP contribution >= 0.6 is 12.4 Å². The van der Waals surface area contributed by atoms with Crippen LogP contribution in [0.3, 0.4) is 0 Å². The Hall–Kier alpha value is -2.20. The van der Waals surface area contributed by atoms with E-state index in [0.29, 0.717) is 0 Å². The van der Waals surface area contributed by atoms with Crippen molar-refractivity contribution in [2.45, 2.75) is 32.9 Å². The Morgan fingerprint density at radius 1 is 1.04 bits per heavy atom. The molecular weight excluding hydrogens is 324 g/mol. The first-order valence-corrected chi connectivity index (χ1v) is 7.89. The number of para-hydroxylation sites is 1. The smallest absolute Gasteiger partial charge is 0.239 e. The third-order valence-electron chi connectivity index (χ3n) is 3.33. The Morgan fingerprint density at radius 2 is 1.75 bits per heavy atom. The minimum absolute atomic E-state index is 0. The lowest BCUT2D eigenvalue weighted by molar-refractivity contribution is -0.120. The van der Waals surface area contributed by atoms with Crippen LogP contribution in [0.25, 0.3) is 0 Å². The maximum Gasteiger partial charge on any atom is 0.239 e. The molecule has 0 aliphatic carbocycles. The summed E-state index contributed by atoms with van der Waals surface area (Å²) in [5.41, 5.74) is 1.96. The second-order valence-electron chi connectivity index (χ2n) is 5.75. The molecule has 2 aromatic carbocycles. The van der Waals surface area contributed by atoms with Crippen LogP contribution < -0.4 is 15.4 Å². The fourth-order valence-corrected chi connectivity index (χ4v) is 2.24. The molecule has 1 unspecified atom stereocenters. The molecule has 2 N–H and O–H groups in total. The zero-order valence-electron chi connectivity index (χ0n) is 14.3. The molecule has 0 aromatic heterocycles. The number of halogens is 1. The number of anilines is 1. The van der Waals surface area contributed by atoms with E-state index in [1.165, 1.54) is 0 Å². The van der Waals surface area contributed by atoms with E-state index in [1.807, 2.05) is 75.4 Å². The van der Waals surface area contributed by atoms with Crippen LogP contribution in [-0.4, -0.2) is 18.6 Å². The quantitative estimate of drug-likeness (QED) is 0.789. The third kappa shape index (κ3) is 6.50. The summed E-state index contributed by atoms with van der Waals surface area (Å²) >= 11 is 0. The van der Waals surface area contributed by atoms with E-state index in [9.17, 15) is 4.79 Å². The third-order valence-corrected chi connectivity index (χ3v) is 3.33. The summed E-state index contributed by atoms with van der Waals surface area (Å²) < 4.78 is 5.69. The van der Waals surface area contributed by atoms with E-state index in [4.69, 9.17) is 4.74 Å². The van der Waals surface area contributed by atoms with E-state index in [-0.39, 0.29) is 37.0 Å². The average molecular weight is 349 g/mol. The Labute approximate surface area is 150 Å². The molecule has 130 valence electrons. The molecule has 0 spiro atoms. The van der Waals surface area contributed by atoms with Gasteiger partial charge in [-0.05, 0) is 50.6 Å². The van der Waals surface area contributed by atoms with Crippen molar-refractivity contribution in [3.8, 4) is 5.75 Å². The van der Waals surface area contributed by atoms with Crippen LogP contribution in [0.1, 0.15) is 32.4 Å². The molecule has 0 radical (unpaired) electrons. The molecule has 4 nitrogen and oxygen atoms in total. The highest BCUT2D eigenvalue weighted by atomic mass is 35.5. The zero-order valence-corrected chi connectivity index (χ0v) is 15.1. The van der Waals surface area contributed by atoms with Gasteiger partial charge in [0.2, 0.25) is 5.91 Å². The highest BCUT2D eigenvalue weighted by molar-refractivity contribution is 5.85. The van der Waals surface area contributed by atoms with Crippen molar-refractivity contribution in [1.82, 2.24) is 5.32 Å². The minimum atomic E-state index is -0.0733. The predicted octanol–water partition coefficient (Wildman–Crippen LogP) is 4.18. The summed E-state index contributed by atoms with van der Waals surface area (Å²) in [5, 5.41) is 6.09. The van der Waals surface area contributed by atoms with Gasteiger partial charge in [0.25, 0.3) is 0 Å². The van der Waals surface area contributed by atoms with Gasteiger partial charge in [0.05, 0.1) is 18.7 Å². The monoisotopic (exact) mass is 348 g/mol. The SMILES string of the molecule is CC(C)Oc1cccc(C(C)NC(=O)CNc2ccccc2)c1.Cl. The summed E-state index contributed by atoms with van der Waals surface area (Å²) in [4.78, 5) is 12.1. The molecule has 24 heavy (non-hydrogen) atoms. The predicted molar refractivity (Wildman–Crippen MR) is 101 cm³/mol. The van der Waals surface area contributed by atoms with Gasteiger partial charge in [0.1, 0.15) is 5.75 Å². The summed E-state index contributed by atoms with van der Waals surface area (Å²) in [5.74, 6) is 0.776. The number of benzene rings is 2. The van der Waals surface area contributed by atoms with Crippen LogP contribution in [0.2, 0.25) is 0 Å². The average Bonchev–Trinajstić information content (AvgIpc) is 2.53. The van der Waals surface area contributed by atoms with Gasteiger partial charge in [-0.25, -0.2) is 0 Å². The largest absolute Gasteiger partial charge is 0.491 e. The lowest BCUT2D eigenvalue weighted by Gasteiger charge is -2.17. The van der Waals surface area contributed by atoms with Crippen molar-refractivity contribution in [2.75, 3.05) is 11.9 Å².